The topological polar surface area (TPSA) is 70.4 Å². The lowest BCUT2D eigenvalue weighted by Gasteiger charge is -2.21. The Labute approximate surface area is 156 Å². The van der Waals surface area contributed by atoms with E-state index in [4.69, 9.17) is 0 Å². The maximum absolute atomic E-state index is 4.64. The molecule has 1 aromatic carbocycles. The molecule has 134 valence electrons. The van der Waals surface area contributed by atoms with E-state index in [1.54, 1.807) is 11.0 Å². The highest BCUT2D eigenvalue weighted by Gasteiger charge is 2.24. The zero-order chi connectivity index (χ0) is 17.6. The zero-order valence-electron chi connectivity index (χ0n) is 14.6. The zero-order valence-corrected chi connectivity index (χ0v) is 16.2. The molecule has 0 aliphatic carbocycles. The molecule has 7 nitrogen and oxygen atoms in total. The monoisotopic (exact) mass is 405 g/mol. The molecule has 2 heterocycles. The van der Waals surface area contributed by atoms with E-state index in [-0.39, 0.29) is 0 Å². The summed E-state index contributed by atoms with van der Waals surface area (Å²) in [5.74, 6) is 1.67. The van der Waals surface area contributed by atoms with Gasteiger partial charge in [0.25, 0.3) is 0 Å². The van der Waals surface area contributed by atoms with Crippen molar-refractivity contribution < 1.29 is 0 Å². The van der Waals surface area contributed by atoms with Crippen LogP contribution < -0.4 is 15.5 Å². The molecule has 0 saturated carbocycles. The van der Waals surface area contributed by atoms with E-state index in [1.165, 1.54) is 5.69 Å². The van der Waals surface area contributed by atoms with Crippen LogP contribution in [0, 0.1) is 0 Å². The fraction of sp³-hybridized carbons (Fsp3) is 0.471. The minimum absolute atomic E-state index is 0.365. The molecule has 2 aromatic rings. The number of benzene rings is 1. The van der Waals surface area contributed by atoms with E-state index in [0.717, 1.165) is 42.3 Å². The van der Waals surface area contributed by atoms with Crippen LogP contribution in [-0.2, 0) is 13.6 Å². The molecule has 1 atom stereocenters. The van der Waals surface area contributed by atoms with Gasteiger partial charge in [0.2, 0.25) is 0 Å². The minimum Gasteiger partial charge on any atom is -0.368 e. The molecule has 1 saturated heterocycles. The third-order valence-corrected chi connectivity index (χ3v) is 4.92. The maximum Gasteiger partial charge on any atom is 0.191 e. The number of nitrogens with zero attached hydrogens (tertiary/aromatic N) is 5. The van der Waals surface area contributed by atoms with Crippen LogP contribution in [-0.4, -0.2) is 46.4 Å². The van der Waals surface area contributed by atoms with E-state index < -0.39 is 0 Å². The van der Waals surface area contributed by atoms with Gasteiger partial charge in [-0.2, -0.15) is 5.10 Å². The number of rotatable bonds is 5. The number of halogens is 1. The number of aryl methyl sites for hydroxylation is 1. The van der Waals surface area contributed by atoms with Crippen molar-refractivity contribution in [3.63, 3.8) is 0 Å². The Balaban J connectivity index is 1.61. The largest absolute Gasteiger partial charge is 0.368 e. The molecule has 8 heteroatoms. The van der Waals surface area contributed by atoms with E-state index in [9.17, 15) is 0 Å². The Morgan fingerprint density at radius 1 is 1.40 bits per heavy atom. The van der Waals surface area contributed by atoms with Crippen LogP contribution in [0.2, 0.25) is 0 Å². The number of anilines is 1. The molecule has 3 rings (SSSR count). The highest BCUT2D eigenvalue weighted by Crippen LogP contribution is 2.28. The predicted molar refractivity (Wildman–Crippen MR) is 104 cm³/mol. The van der Waals surface area contributed by atoms with Gasteiger partial charge in [-0.15, -0.1) is 0 Å². The molecule has 0 spiro atoms. The van der Waals surface area contributed by atoms with Crippen molar-refractivity contribution in [2.45, 2.75) is 25.9 Å². The molecule has 1 fully saturated rings. The van der Waals surface area contributed by atoms with Crippen LogP contribution in [0.5, 0.6) is 0 Å². The standard InChI is InChI=1S/C17H24BrN7/c1-3-19-17(20-10-16-21-12-22-24(16)2)23-13-8-9-25(11-13)15-7-5-4-6-14(15)18/h4-7,12-13H,3,8-11H2,1-2H3,(H2,19,20,23). The van der Waals surface area contributed by atoms with Gasteiger partial charge in [0, 0.05) is 37.2 Å². The molecule has 1 aliphatic heterocycles. The number of aliphatic imine (C=N–C) groups is 1. The Hall–Kier alpha value is -2.09. The summed E-state index contributed by atoms with van der Waals surface area (Å²) >= 11 is 3.64. The normalized spacial score (nSPS) is 17.8. The van der Waals surface area contributed by atoms with Crippen molar-refractivity contribution >= 4 is 27.6 Å². The number of hydrogen-bond donors (Lipinski definition) is 2. The van der Waals surface area contributed by atoms with Crippen molar-refractivity contribution in [2.75, 3.05) is 24.5 Å². The van der Waals surface area contributed by atoms with E-state index in [0.29, 0.717) is 12.6 Å². The average Bonchev–Trinajstić information content (AvgIpc) is 3.22. The van der Waals surface area contributed by atoms with Gasteiger partial charge in [-0.25, -0.2) is 9.98 Å². The highest BCUT2D eigenvalue weighted by molar-refractivity contribution is 9.10. The second-order valence-corrected chi connectivity index (χ2v) is 6.88. The first-order valence-electron chi connectivity index (χ1n) is 8.54. The molecule has 2 N–H and O–H groups in total. The van der Waals surface area contributed by atoms with Crippen molar-refractivity contribution in [2.24, 2.45) is 12.0 Å². The summed E-state index contributed by atoms with van der Waals surface area (Å²) in [4.78, 5) is 11.3. The Morgan fingerprint density at radius 3 is 2.96 bits per heavy atom. The van der Waals surface area contributed by atoms with Gasteiger partial charge in [0.1, 0.15) is 18.7 Å². The Kier molecular flexibility index (Phi) is 5.91. The Morgan fingerprint density at radius 2 is 2.24 bits per heavy atom. The lowest BCUT2D eigenvalue weighted by molar-refractivity contribution is 0.644. The first-order valence-corrected chi connectivity index (χ1v) is 9.34. The summed E-state index contributed by atoms with van der Waals surface area (Å²) in [7, 11) is 1.88. The van der Waals surface area contributed by atoms with Crippen LogP contribution in [0.4, 0.5) is 5.69 Å². The van der Waals surface area contributed by atoms with Crippen molar-refractivity contribution in [1.29, 1.82) is 0 Å². The third kappa shape index (κ3) is 4.50. The number of para-hydroxylation sites is 1. The molecule has 25 heavy (non-hydrogen) atoms. The van der Waals surface area contributed by atoms with Gasteiger partial charge in [0.05, 0.1) is 5.69 Å². The molecule has 1 unspecified atom stereocenters. The predicted octanol–water partition coefficient (Wildman–Crippen LogP) is 1.91. The van der Waals surface area contributed by atoms with Crippen LogP contribution in [0.1, 0.15) is 19.2 Å². The first kappa shape index (κ1) is 17.7. The third-order valence-electron chi connectivity index (χ3n) is 4.25. The van der Waals surface area contributed by atoms with Gasteiger partial charge >= 0.3 is 0 Å². The molecule has 0 radical (unpaired) electrons. The lowest BCUT2D eigenvalue weighted by Crippen LogP contribution is -2.44. The van der Waals surface area contributed by atoms with Crippen LogP contribution >= 0.6 is 15.9 Å². The molecule has 0 amide bonds. The number of guanidine groups is 1. The van der Waals surface area contributed by atoms with Crippen LogP contribution in [0.15, 0.2) is 40.1 Å². The molecular formula is C17H24BrN7. The number of nitrogens with one attached hydrogen (secondary N) is 2. The SMILES string of the molecule is CCNC(=NCc1ncnn1C)NC1CCN(c2ccccc2Br)C1. The first-order chi connectivity index (χ1) is 12.2. The van der Waals surface area contributed by atoms with Crippen molar-refractivity contribution in [3.8, 4) is 0 Å². The van der Waals surface area contributed by atoms with Crippen molar-refractivity contribution in [1.82, 2.24) is 25.4 Å². The second-order valence-electron chi connectivity index (χ2n) is 6.02. The van der Waals surface area contributed by atoms with E-state index in [1.807, 2.05) is 13.1 Å². The summed E-state index contributed by atoms with van der Waals surface area (Å²) in [5.41, 5.74) is 1.24. The molecule has 1 aromatic heterocycles. The molecule has 0 bridgehead atoms. The fourth-order valence-electron chi connectivity index (χ4n) is 2.93. The lowest BCUT2D eigenvalue weighted by atomic mass is 10.3. The van der Waals surface area contributed by atoms with E-state index in [2.05, 4.69) is 71.7 Å². The number of hydrogen-bond acceptors (Lipinski definition) is 4. The molecule has 1 aliphatic rings. The summed E-state index contributed by atoms with van der Waals surface area (Å²) in [6.45, 7) is 5.39. The van der Waals surface area contributed by atoms with Gasteiger partial charge in [0.15, 0.2) is 5.96 Å². The quantitative estimate of drug-likeness (QED) is 0.587. The summed E-state index contributed by atoms with van der Waals surface area (Å²) < 4.78 is 2.88. The van der Waals surface area contributed by atoms with E-state index >= 15 is 0 Å². The number of aromatic nitrogens is 3. The fourth-order valence-corrected chi connectivity index (χ4v) is 3.47. The summed E-state index contributed by atoms with van der Waals surface area (Å²) in [5, 5.41) is 10.9. The maximum atomic E-state index is 4.64. The highest BCUT2D eigenvalue weighted by atomic mass is 79.9. The molecular weight excluding hydrogens is 382 g/mol. The van der Waals surface area contributed by atoms with Gasteiger partial charge < -0.3 is 15.5 Å². The van der Waals surface area contributed by atoms with Crippen LogP contribution in [0.25, 0.3) is 0 Å². The van der Waals surface area contributed by atoms with Crippen molar-refractivity contribution in [3.05, 3.63) is 40.9 Å². The minimum atomic E-state index is 0.365. The second kappa shape index (κ2) is 8.33. The summed E-state index contributed by atoms with van der Waals surface area (Å²) in [6.07, 6.45) is 2.63. The van der Waals surface area contributed by atoms with Crippen LogP contribution in [0.3, 0.4) is 0 Å². The Bertz CT molecular complexity index is 727. The summed E-state index contributed by atoms with van der Waals surface area (Å²) in [6, 6.07) is 8.72. The van der Waals surface area contributed by atoms with Gasteiger partial charge in [-0.3, -0.25) is 4.68 Å². The van der Waals surface area contributed by atoms with Gasteiger partial charge in [-0.05, 0) is 41.4 Å². The smallest absolute Gasteiger partial charge is 0.191 e. The average molecular weight is 406 g/mol. The van der Waals surface area contributed by atoms with Gasteiger partial charge in [-0.1, -0.05) is 12.1 Å².